The number of aryl methyl sites for hydroxylation is 1. The summed E-state index contributed by atoms with van der Waals surface area (Å²) in [7, 11) is 0.894. The molecule has 3 heterocycles. The number of pyridine rings is 1. The first-order chi connectivity index (χ1) is 23.1. The van der Waals surface area contributed by atoms with Crippen molar-refractivity contribution in [3.05, 3.63) is 80.9 Å². The first-order valence-corrected chi connectivity index (χ1v) is 20.6. The smallest absolute Gasteiger partial charge is 0.436 e. The minimum Gasteiger partial charge on any atom is -0.444 e. The number of carbonyl (C=O) groups excluding carboxylic acids is 2. The van der Waals surface area contributed by atoms with Gasteiger partial charge < -0.3 is 18.5 Å². The number of rotatable bonds is 10. The lowest BCUT2D eigenvalue weighted by Gasteiger charge is -2.43. The number of likely N-dealkylation sites (tertiary alicyclic amines) is 1. The molecule has 0 N–H and O–H groups in total. The molecule has 4 atom stereocenters. The van der Waals surface area contributed by atoms with Crippen LogP contribution in [0.15, 0.2) is 51.8 Å². The van der Waals surface area contributed by atoms with Crippen LogP contribution in [0.4, 0.5) is 4.79 Å². The van der Waals surface area contributed by atoms with E-state index in [4.69, 9.17) is 25.2 Å². The minimum atomic E-state index is -2.31. The Bertz CT molecular complexity index is 1690. The predicted octanol–water partition coefficient (Wildman–Crippen LogP) is 7.96. The average Bonchev–Trinajstić information content (AvgIpc) is 3.56. The van der Waals surface area contributed by atoms with Crippen molar-refractivity contribution < 1.29 is 23.2 Å². The van der Waals surface area contributed by atoms with Gasteiger partial charge in [-0.05, 0) is 87.8 Å². The maximum atomic E-state index is 14.0. The van der Waals surface area contributed by atoms with Crippen LogP contribution in [0.25, 0.3) is 0 Å². The van der Waals surface area contributed by atoms with Crippen LogP contribution < -0.4 is 5.76 Å². The zero-order valence-electron chi connectivity index (χ0n) is 31.6. The molecule has 11 nitrogen and oxygen atoms in total. The average molecular weight is 728 g/mol. The Morgan fingerprint density at radius 1 is 1.06 bits per heavy atom. The summed E-state index contributed by atoms with van der Waals surface area (Å²) in [4.78, 5) is 47.4. The maximum absolute atomic E-state index is 14.0. The number of hydrogen-bond acceptors (Lipinski definition) is 8. The predicted molar refractivity (Wildman–Crippen MR) is 197 cm³/mol. The Labute approximate surface area is 302 Å². The maximum Gasteiger partial charge on any atom is 0.436 e. The van der Waals surface area contributed by atoms with Gasteiger partial charge in [-0.25, -0.2) is 14.6 Å². The third-order valence-electron chi connectivity index (χ3n) is 9.81. The highest BCUT2D eigenvalue weighted by Gasteiger charge is 2.48. The van der Waals surface area contributed by atoms with Crippen LogP contribution in [0.1, 0.15) is 108 Å². The van der Waals surface area contributed by atoms with Gasteiger partial charge in [-0.2, -0.15) is 4.68 Å². The van der Waals surface area contributed by atoms with Gasteiger partial charge in [-0.3, -0.25) is 9.69 Å². The Hall–Kier alpha value is -3.48. The molecule has 1 fully saturated rings. The number of aromatic nitrogens is 3. The molecule has 4 rings (SSSR count). The molecular formula is C37H54ClN5O6Si. The van der Waals surface area contributed by atoms with E-state index in [2.05, 4.69) is 43.9 Å². The second kappa shape index (κ2) is 15.0. The third kappa shape index (κ3) is 9.05. The first kappa shape index (κ1) is 39.3. The molecule has 3 aromatic rings. The summed E-state index contributed by atoms with van der Waals surface area (Å²) in [5, 5.41) is 4.53. The fraction of sp³-hybridized carbons (Fsp3) is 0.595. The van der Waals surface area contributed by atoms with Crippen LogP contribution in [0.2, 0.25) is 23.3 Å². The van der Waals surface area contributed by atoms with Crippen LogP contribution in [-0.4, -0.2) is 69.6 Å². The van der Waals surface area contributed by atoms with Crippen LogP contribution in [0.3, 0.4) is 0 Å². The van der Waals surface area contributed by atoms with Gasteiger partial charge in [-0.15, -0.1) is 5.10 Å². The molecule has 0 bridgehead atoms. The Morgan fingerprint density at radius 2 is 1.70 bits per heavy atom. The van der Waals surface area contributed by atoms with Crippen molar-refractivity contribution in [3.8, 4) is 0 Å². The van der Waals surface area contributed by atoms with Crippen molar-refractivity contribution in [2.75, 3.05) is 7.05 Å². The molecule has 50 heavy (non-hydrogen) atoms. The summed E-state index contributed by atoms with van der Waals surface area (Å²) >= 11 is 6.19. The summed E-state index contributed by atoms with van der Waals surface area (Å²) in [5.74, 6) is -0.651. The van der Waals surface area contributed by atoms with Crippen molar-refractivity contribution >= 4 is 31.9 Å². The topological polar surface area (TPSA) is 120 Å². The molecule has 1 aliphatic rings. The van der Waals surface area contributed by atoms with E-state index in [1.807, 2.05) is 57.7 Å². The molecule has 274 valence electrons. The van der Waals surface area contributed by atoms with Gasteiger partial charge in [0.2, 0.25) is 5.89 Å². The summed E-state index contributed by atoms with van der Waals surface area (Å²) in [5.41, 5.74) is 1.66. The number of amides is 2. The zero-order valence-corrected chi connectivity index (χ0v) is 33.4. The summed E-state index contributed by atoms with van der Waals surface area (Å²) in [6, 6.07) is 10.2. The van der Waals surface area contributed by atoms with E-state index in [1.54, 1.807) is 36.3 Å². The van der Waals surface area contributed by atoms with Crippen LogP contribution in [-0.2, 0) is 22.6 Å². The van der Waals surface area contributed by atoms with Gasteiger partial charge in [-0.1, -0.05) is 64.4 Å². The lowest BCUT2D eigenvalue weighted by atomic mass is 10.00. The molecule has 13 heteroatoms. The quantitative estimate of drug-likeness (QED) is 0.152. The summed E-state index contributed by atoms with van der Waals surface area (Å²) in [6.07, 6.45) is 2.97. The van der Waals surface area contributed by atoms with Crippen molar-refractivity contribution in [2.45, 2.75) is 123 Å². The number of ether oxygens (including phenoxy) is 1. The Morgan fingerprint density at radius 3 is 2.20 bits per heavy atom. The molecule has 2 aromatic heterocycles. The number of halogens is 1. The van der Waals surface area contributed by atoms with Crippen molar-refractivity contribution in [1.29, 1.82) is 0 Å². The minimum absolute atomic E-state index is 0.0523. The molecule has 2 unspecified atom stereocenters. The number of carbonyl (C=O) groups is 2. The van der Waals surface area contributed by atoms with E-state index in [1.165, 1.54) is 7.05 Å². The molecule has 0 spiro atoms. The lowest BCUT2D eigenvalue weighted by Crippen LogP contribution is -2.50. The molecule has 2 amide bonds. The highest BCUT2D eigenvalue weighted by molar-refractivity contribution is 6.74. The van der Waals surface area contributed by atoms with E-state index in [-0.39, 0.29) is 40.9 Å². The van der Waals surface area contributed by atoms with E-state index >= 15 is 0 Å². The number of hydrogen-bond donors (Lipinski definition) is 0. The van der Waals surface area contributed by atoms with Crippen LogP contribution in [0, 0.1) is 5.92 Å². The second-order valence-electron chi connectivity index (χ2n) is 16.2. The highest BCUT2D eigenvalue weighted by Crippen LogP contribution is 2.44. The molecule has 1 aromatic carbocycles. The van der Waals surface area contributed by atoms with Gasteiger partial charge in [0, 0.05) is 37.5 Å². The van der Waals surface area contributed by atoms with Crippen LogP contribution in [0.5, 0.6) is 0 Å². The Kier molecular flexibility index (Phi) is 11.8. The number of nitrogens with zero attached hydrogens (tertiary/aromatic N) is 5. The molecule has 0 aliphatic carbocycles. The second-order valence-corrected chi connectivity index (χ2v) is 21.4. The zero-order chi connectivity index (χ0) is 37.3. The van der Waals surface area contributed by atoms with Gasteiger partial charge in [0.05, 0.1) is 12.1 Å². The van der Waals surface area contributed by atoms with E-state index in [9.17, 15) is 14.4 Å². The highest BCUT2D eigenvalue weighted by atomic mass is 35.5. The molecular weight excluding hydrogens is 674 g/mol. The van der Waals surface area contributed by atoms with Crippen molar-refractivity contribution in [2.24, 2.45) is 13.0 Å². The van der Waals surface area contributed by atoms with Gasteiger partial charge in [0.1, 0.15) is 16.8 Å². The lowest BCUT2D eigenvalue weighted by molar-refractivity contribution is -0.00244. The summed E-state index contributed by atoms with van der Waals surface area (Å²) in [6.45, 7) is 20.5. The third-order valence-corrected chi connectivity index (χ3v) is 14.5. The van der Waals surface area contributed by atoms with Crippen molar-refractivity contribution in [1.82, 2.24) is 24.6 Å². The molecule has 0 saturated carbocycles. The normalized spacial score (nSPS) is 18.3. The fourth-order valence-electron chi connectivity index (χ4n) is 6.19. The van der Waals surface area contributed by atoms with E-state index in [0.717, 1.165) is 22.2 Å². The fourth-order valence-corrected chi connectivity index (χ4v) is 7.59. The summed E-state index contributed by atoms with van der Waals surface area (Å²) < 4.78 is 19.6. The van der Waals surface area contributed by atoms with E-state index in [0.29, 0.717) is 23.6 Å². The SMILES string of the molecule is CC(C)C(c1nn(C)c(=O)o1)N(C)C(=O)c1ccc(CC2CC[C@H]([C@H](O[Si](C)(C)C(C)(C)C)c3ccc(Cl)nc3)N2C(=O)OC(C)(C)C)cc1. The molecule has 1 saturated heterocycles. The van der Waals surface area contributed by atoms with Gasteiger partial charge >= 0.3 is 11.8 Å². The van der Waals surface area contributed by atoms with E-state index < -0.39 is 31.8 Å². The van der Waals surface area contributed by atoms with Gasteiger partial charge in [0.25, 0.3) is 5.91 Å². The van der Waals surface area contributed by atoms with Crippen molar-refractivity contribution in [3.63, 3.8) is 0 Å². The largest absolute Gasteiger partial charge is 0.444 e. The first-order valence-electron chi connectivity index (χ1n) is 17.3. The van der Waals surface area contributed by atoms with Gasteiger partial charge in [0.15, 0.2) is 8.32 Å². The van der Waals surface area contributed by atoms with Crippen LogP contribution >= 0.6 is 11.6 Å². The monoisotopic (exact) mass is 727 g/mol. The standard InChI is InChI=1S/C37H54ClN5O6Si/c1-23(2)30(32-40-42(10)34(45)47-32)41(9)33(44)25-15-13-24(14-16-25)21-27-18-19-28(43(27)35(46)48-36(3,4)5)31(26-17-20-29(38)39-22-26)49-50(11,12)37(6,7)8/h13-17,20,22-23,27-28,30-31H,18-19,21H2,1-12H3/t27?,28-,30?,31-/m1/s1. The Balaban J connectivity index is 1.62. The molecule has 1 aliphatic heterocycles. The number of benzene rings is 1. The molecule has 0 radical (unpaired) electrons.